The molecule has 0 aliphatic carbocycles. The molecule has 2 aromatic rings. The van der Waals surface area contributed by atoms with Gasteiger partial charge in [0.2, 0.25) is 11.9 Å². The molecule has 2 aliphatic heterocycles. The Balaban J connectivity index is 1.42. The predicted molar refractivity (Wildman–Crippen MR) is 148 cm³/mol. The largest absolute Gasteiger partial charge is 0.369 e. The first kappa shape index (κ1) is 26.1. The van der Waals surface area contributed by atoms with E-state index in [0.29, 0.717) is 22.9 Å². The predicted octanol–water partition coefficient (Wildman–Crippen LogP) is 3.59. The molecule has 0 radical (unpaired) electrons. The van der Waals surface area contributed by atoms with Crippen LogP contribution in [0.1, 0.15) is 13.8 Å². The Morgan fingerprint density at radius 1 is 1.11 bits per heavy atom. The summed E-state index contributed by atoms with van der Waals surface area (Å²) < 4.78 is 5.84. The lowest BCUT2D eigenvalue weighted by molar-refractivity contribution is -0.111. The van der Waals surface area contributed by atoms with Gasteiger partial charge < -0.3 is 30.0 Å². The molecule has 0 aromatic heterocycles. The van der Waals surface area contributed by atoms with Gasteiger partial charge in [0, 0.05) is 49.3 Å². The molecule has 2 aliphatic rings. The number of oxime groups is 1. The Morgan fingerprint density at radius 2 is 1.84 bits per heavy atom. The number of likely N-dealkylation sites (N-methyl/N-ethyl adjacent to an activating group) is 1. The maximum Gasteiger partial charge on any atom is 0.247 e. The minimum Gasteiger partial charge on any atom is -0.369 e. The number of anilines is 3. The quantitative estimate of drug-likeness (QED) is 0.240. The first-order chi connectivity index (χ1) is 17.7. The highest BCUT2D eigenvalue weighted by Crippen LogP contribution is 2.24. The van der Waals surface area contributed by atoms with Crippen LogP contribution in [-0.4, -0.2) is 73.6 Å². The van der Waals surface area contributed by atoms with Crippen LogP contribution in [0.25, 0.3) is 0 Å². The van der Waals surface area contributed by atoms with Crippen molar-refractivity contribution in [2.45, 2.75) is 19.4 Å². The number of carbonyl (C=O) groups is 1. The van der Waals surface area contributed by atoms with Crippen LogP contribution >= 0.6 is 0 Å². The SMILES string of the molecule is C=CC(=O)Nc1cccc(O/N=C2\COC(C)(C)\C2=N\C(=N)Nc2ccc(N3CCN(C)CC3)cc2)c1. The van der Waals surface area contributed by atoms with Crippen LogP contribution in [0.15, 0.2) is 71.3 Å². The number of hydrogen-bond donors (Lipinski definition) is 3. The summed E-state index contributed by atoms with van der Waals surface area (Å²) in [5, 5.41) is 18.4. The average Bonchev–Trinajstić information content (AvgIpc) is 3.16. The molecule has 2 aromatic carbocycles. The molecule has 0 bridgehead atoms. The number of aliphatic imine (C=N–C) groups is 1. The second-order valence-electron chi connectivity index (χ2n) is 9.42. The summed E-state index contributed by atoms with van der Waals surface area (Å²) in [7, 11) is 2.14. The zero-order valence-electron chi connectivity index (χ0n) is 21.5. The molecule has 0 saturated carbocycles. The minimum absolute atomic E-state index is 0.0252. The third-order valence-corrected chi connectivity index (χ3v) is 6.18. The summed E-state index contributed by atoms with van der Waals surface area (Å²) in [5.41, 5.74) is 2.77. The van der Waals surface area contributed by atoms with E-state index in [9.17, 15) is 4.79 Å². The molecule has 0 spiro atoms. The smallest absolute Gasteiger partial charge is 0.247 e. The molecule has 2 fully saturated rings. The van der Waals surface area contributed by atoms with Crippen LogP contribution in [0.4, 0.5) is 17.1 Å². The summed E-state index contributed by atoms with van der Waals surface area (Å²) in [4.78, 5) is 26.3. The summed E-state index contributed by atoms with van der Waals surface area (Å²) in [6.45, 7) is 11.5. The van der Waals surface area contributed by atoms with E-state index in [1.807, 2.05) is 26.0 Å². The highest BCUT2D eigenvalue weighted by molar-refractivity contribution is 6.48. The number of nitrogens with zero attached hydrogens (tertiary/aromatic N) is 4. The molecule has 0 unspecified atom stereocenters. The Bertz CT molecular complexity index is 1210. The van der Waals surface area contributed by atoms with Crippen LogP contribution in [-0.2, 0) is 9.53 Å². The molecule has 10 heteroatoms. The summed E-state index contributed by atoms with van der Waals surface area (Å²) in [6.07, 6.45) is 1.19. The van der Waals surface area contributed by atoms with E-state index in [4.69, 9.17) is 15.0 Å². The standard InChI is InChI=1S/C27H33N7O3/c1-5-24(35)29-20-7-6-8-22(17-20)37-32-23-18-36-27(2,3)25(23)31-26(28)30-19-9-11-21(12-10-19)34-15-13-33(4)14-16-34/h5-12,17H,1,13-16,18H2,2-4H3,(H2,28,30)(H,29,35)/b31-25+,32-23+. The molecule has 3 N–H and O–H groups in total. The second-order valence-corrected chi connectivity index (χ2v) is 9.42. The van der Waals surface area contributed by atoms with Gasteiger partial charge in [-0.15, -0.1) is 0 Å². The number of carbonyl (C=O) groups excluding carboxylic acids is 1. The number of hydrogen-bond acceptors (Lipinski definition) is 7. The monoisotopic (exact) mass is 503 g/mol. The van der Waals surface area contributed by atoms with Gasteiger partial charge in [-0.1, -0.05) is 17.8 Å². The molecule has 0 atom stereocenters. The van der Waals surface area contributed by atoms with Crippen molar-refractivity contribution in [3.05, 3.63) is 61.2 Å². The topological polar surface area (TPSA) is 115 Å². The van der Waals surface area contributed by atoms with E-state index in [1.54, 1.807) is 24.3 Å². The van der Waals surface area contributed by atoms with Crippen molar-refractivity contribution < 1.29 is 14.4 Å². The molecule has 10 nitrogen and oxygen atoms in total. The van der Waals surface area contributed by atoms with Crippen LogP contribution in [0.5, 0.6) is 5.75 Å². The van der Waals surface area contributed by atoms with Gasteiger partial charge in [-0.2, -0.15) is 0 Å². The molecule has 194 valence electrons. The number of rotatable bonds is 6. The summed E-state index contributed by atoms with van der Waals surface area (Å²) >= 11 is 0. The minimum atomic E-state index is -0.735. The number of guanidine groups is 1. The number of ether oxygens (including phenoxy) is 1. The van der Waals surface area contributed by atoms with Crippen molar-refractivity contribution in [1.29, 1.82) is 5.41 Å². The third kappa shape index (κ3) is 6.81. The zero-order valence-corrected chi connectivity index (χ0v) is 21.5. The van der Waals surface area contributed by atoms with Crippen molar-refractivity contribution in [2.24, 2.45) is 10.1 Å². The fraction of sp³-hybridized carbons (Fsp3) is 0.333. The molecular formula is C27H33N7O3. The third-order valence-electron chi connectivity index (χ3n) is 6.18. The van der Waals surface area contributed by atoms with Gasteiger partial charge in [-0.05, 0) is 63.4 Å². The lowest BCUT2D eigenvalue weighted by Crippen LogP contribution is -2.44. The highest BCUT2D eigenvalue weighted by Gasteiger charge is 2.38. The molecule has 1 amide bonds. The van der Waals surface area contributed by atoms with Gasteiger partial charge in [0.1, 0.15) is 17.0 Å². The maximum atomic E-state index is 11.5. The van der Waals surface area contributed by atoms with Gasteiger partial charge in [-0.3, -0.25) is 10.2 Å². The lowest BCUT2D eigenvalue weighted by Gasteiger charge is -2.34. The Labute approximate surface area is 217 Å². The number of benzene rings is 2. The van der Waals surface area contributed by atoms with Crippen LogP contribution < -0.4 is 20.4 Å². The van der Waals surface area contributed by atoms with Crippen molar-refractivity contribution in [2.75, 3.05) is 55.4 Å². The Morgan fingerprint density at radius 3 is 2.54 bits per heavy atom. The van der Waals surface area contributed by atoms with E-state index < -0.39 is 5.60 Å². The molecular weight excluding hydrogens is 470 g/mol. The van der Waals surface area contributed by atoms with Gasteiger partial charge in [0.05, 0.1) is 6.61 Å². The lowest BCUT2D eigenvalue weighted by atomic mass is 10.0. The highest BCUT2D eigenvalue weighted by atomic mass is 16.6. The average molecular weight is 504 g/mol. The van der Waals surface area contributed by atoms with Gasteiger partial charge >= 0.3 is 0 Å². The number of amides is 1. The van der Waals surface area contributed by atoms with Crippen molar-refractivity contribution in [3.8, 4) is 5.75 Å². The normalized spacial score (nSPS) is 19.6. The van der Waals surface area contributed by atoms with E-state index >= 15 is 0 Å². The molecule has 4 rings (SSSR count). The fourth-order valence-electron chi connectivity index (χ4n) is 4.03. The molecule has 2 heterocycles. The van der Waals surface area contributed by atoms with Crippen molar-refractivity contribution in [3.63, 3.8) is 0 Å². The van der Waals surface area contributed by atoms with Gasteiger partial charge in [0.25, 0.3) is 0 Å². The van der Waals surface area contributed by atoms with E-state index in [2.05, 4.69) is 56.3 Å². The van der Waals surface area contributed by atoms with Gasteiger partial charge in [-0.25, -0.2) is 4.99 Å². The zero-order chi connectivity index (χ0) is 26.4. The van der Waals surface area contributed by atoms with Crippen molar-refractivity contribution >= 4 is 40.4 Å². The van der Waals surface area contributed by atoms with Crippen molar-refractivity contribution in [1.82, 2.24) is 4.90 Å². The molecule has 37 heavy (non-hydrogen) atoms. The van der Waals surface area contributed by atoms with Crippen LogP contribution in [0.3, 0.4) is 0 Å². The van der Waals surface area contributed by atoms with Gasteiger partial charge in [0.15, 0.2) is 5.75 Å². The van der Waals surface area contributed by atoms with Crippen LogP contribution in [0, 0.1) is 5.41 Å². The second kappa shape index (κ2) is 11.4. The first-order valence-electron chi connectivity index (χ1n) is 12.1. The van der Waals surface area contributed by atoms with E-state index in [1.165, 1.54) is 11.8 Å². The Kier molecular flexibility index (Phi) is 8.00. The molecule has 2 saturated heterocycles. The number of piperazine rings is 1. The number of nitrogens with one attached hydrogen (secondary N) is 3. The fourth-order valence-corrected chi connectivity index (χ4v) is 4.03. The Hall–Kier alpha value is -4.02. The van der Waals surface area contributed by atoms with E-state index in [0.717, 1.165) is 31.9 Å². The first-order valence-corrected chi connectivity index (χ1v) is 12.1. The maximum absolute atomic E-state index is 11.5. The summed E-state index contributed by atoms with van der Waals surface area (Å²) in [5.74, 6) is 0.0959. The summed E-state index contributed by atoms with van der Waals surface area (Å²) in [6, 6.07) is 14.9. The van der Waals surface area contributed by atoms with E-state index in [-0.39, 0.29) is 18.5 Å². The van der Waals surface area contributed by atoms with Crippen LogP contribution in [0.2, 0.25) is 0 Å².